The van der Waals surface area contributed by atoms with E-state index in [9.17, 15) is 4.79 Å². The van der Waals surface area contributed by atoms with Crippen molar-refractivity contribution in [3.63, 3.8) is 0 Å². The van der Waals surface area contributed by atoms with Gasteiger partial charge < -0.3 is 10.2 Å². The lowest BCUT2D eigenvalue weighted by molar-refractivity contribution is -0.121. The lowest BCUT2D eigenvalue weighted by atomic mass is 10.3. The maximum atomic E-state index is 11.9. The van der Waals surface area contributed by atoms with E-state index in [-0.39, 0.29) is 12.5 Å². The molecule has 1 heterocycles. The Hall–Kier alpha value is -2.31. The Kier molecular flexibility index (Phi) is 4.13. The summed E-state index contributed by atoms with van der Waals surface area (Å²) in [5.74, 6) is -0.340. The van der Waals surface area contributed by atoms with Crippen LogP contribution in [0.25, 0.3) is 11.0 Å². The monoisotopic (exact) mass is 336 g/mol. The fourth-order valence-corrected chi connectivity index (χ4v) is 2.21. The number of fused-ring (bicyclic) bond motifs is 1. The van der Waals surface area contributed by atoms with E-state index < -0.39 is 0 Å². The fraction of sp³-hybridized carbons (Fsp3) is 0.0714. The maximum absolute atomic E-state index is 11.9. The summed E-state index contributed by atoms with van der Waals surface area (Å²) in [6.45, 7) is -0.225. The molecular weight excluding hydrogens is 327 g/mol. The number of rotatable bonds is 4. The molecule has 0 fully saturated rings. The largest absolute Gasteiger partial charge is 0.385 e. The maximum Gasteiger partial charge on any atom is 0.265 e. The molecule has 0 aliphatic rings. The van der Waals surface area contributed by atoms with E-state index in [1.165, 1.54) is 4.85 Å². The van der Waals surface area contributed by atoms with Crippen LogP contribution in [0.2, 0.25) is 10.0 Å². The molecule has 0 bridgehead atoms. The molecule has 0 aliphatic carbocycles. The molecule has 112 valence electrons. The van der Waals surface area contributed by atoms with Crippen LogP contribution in [0.3, 0.4) is 0 Å². The molecule has 0 aliphatic heterocycles. The van der Waals surface area contributed by atoms with Gasteiger partial charge in [0.05, 0.1) is 0 Å². The van der Waals surface area contributed by atoms with Crippen molar-refractivity contribution in [1.29, 1.82) is 0 Å². The molecule has 1 aromatic heterocycles. The summed E-state index contributed by atoms with van der Waals surface area (Å²) in [7, 11) is 0. The van der Waals surface area contributed by atoms with Crippen LogP contribution < -0.4 is 10.2 Å². The number of carbonyl (C=O) groups is 1. The van der Waals surface area contributed by atoms with E-state index >= 15 is 0 Å². The Morgan fingerprint density at radius 3 is 2.82 bits per heavy atom. The predicted molar refractivity (Wildman–Crippen MR) is 84.1 cm³/mol. The highest BCUT2D eigenvalue weighted by molar-refractivity contribution is 6.31. The van der Waals surface area contributed by atoms with Gasteiger partial charge >= 0.3 is 0 Å². The Bertz CT molecular complexity index is 835. The molecule has 22 heavy (non-hydrogen) atoms. The first-order chi connectivity index (χ1) is 10.6. The van der Waals surface area contributed by atoms with E-state index in [2.05, 4.69) is 15.6 Å². The summed E-state index contributed by atoms with van der Waals surface area (Å²) >= 11 is 11.8. The zero-order valence-corrected chi connectivity index (χ0v) is 12.7. The molecule has 2 aromatic carbocycles. The topological polar surface area (TPSA) is 69.0 Å². The average Bonchev–Trinajstić information content (AvgIpc) is 2.87. The van der Waals surface area contributed by atoms with E-state index in [0.717, 1.165) is 0 Å². The molecule has 0 saturated carbocycles. The van der Waals surface area contributed by atoms with Crippen molar-refractivity contribution in [2.75, 3.05) is 11.9 Å². The van der Waals surface area contributed by atoms with E-state index in [1.807, 2.05) is 0 Å². The molecule has 6 nitrogen and oxygen atoms in total. The minimum atomic E-state index is -0.340. The summed E-state index contributed by atoms with van der Waals surface area (Å²) in [6, 6.07) is 11.9. The zero-order chi connectivity index (χ0) is 15.5. The smallest absolute Gasteiger partial charge is 0.265 e. The number of anilines is 1. The third-order valence-corrected chi connectivity index (χ3v) is 3.27. The Balaban J connectivity index is 1.66. The van der Waals surface area contributed by atoms with Crippen molar-refractivity contribution in [3.8, 4) is 0 Å². The predicted octanol–water partition coefficient (Wildman–Crippen LogP) is 2.81. The molecule has 0 spiro atoms. The first-order valence-electron chi connectivity index (χ1n) is 6.31. The van der Waals surface area contributed by atoms with Gasteiger partial charge in [-0.15, -0.1) is 5.10 Å². The van der Waals surface area contributed by atoms with Gasteiger partial charge in [-0.05, 0) is 41.6 Å². The highest BCUT2D eigenvalue weighted by Gasteiger charge is 2.09. The van der Waals surface area contributed by atoms with Crippen LogP contribution >= 0.6 is 23.2 Å². The SMILES string of the molecule is O=C(COn1nnc2ccc(Cl)cc21)Nc1cccc(Cl)c1. The van der Waals surface area contributed by atoms with E-state index in [0.29, 0.717) is 26.8 Å². The van der Waals surface area contributed by atoms with Crippen molar-refractivity contribution in [2.24, 2.45) is 0 Å². The molecule has 0 radical (unpaired) electrons. The number of benzene rings is 2. The Morgan fingerprint density at radius 2 is 2.00 bits per heavy atom. The average molecular weight is 337 g/mol. The molecule has 0 saturated heterocycles. The van der Waals surface area contributed by atoms with Gasteiger partial charge in [0, 0.05) is 15.7 Å². The fourth-order valence-electron chi connectivity index (χ4n) is 1.85. The quantitative estimate of drug-likeness (QED) is 0.795. The summed E-state index contributed by atoms with van der Waals surface area (Å²) in [5.41, 5.74) is 1.80. The molecule has 8 heteroatoms. The van der Waals surface area contributed by atoms with Gasteiger partial charge in [-0.3, -0.25) is 4.79 Å². The number of aromatic nitrogens is 3. The van der Waals surface area contributed by atoms with Gasteiger partial charge in [0.2, 0.25) is 0 Å². The second-order valence-electron chi connectivity index (χ2n) is 4.43. The van der Waals surface area contributed by atoms with E-state index in [1.54, 1.807) is 42.5 Å². The second-order valence-corrected chi connectivity index (χ2v) is 5.30. The third-order valence-electron chi connectivity index (χ3n) is 2.80. The van der Waals surface area contributed by atoms with Gasteiger partial charge in [-0.25, -0.2) is 0 Å². The van der Waals surface area contributed by atoms with Gasteiger partial charge in [0.1, 0.15) is 11.0 Å². The van der Waals surface area contributed by atoms with Crippen LogP contribution in [0.5, 0.6) is 0 Å². The number of hydrogen-bond acceptors (Lipinski definition) is 4. The third kappa shape index (κ3) is 3.29. The number of carbonyl (C=O) groups excluding carboxylic acids is 1. The summed E-state index contributed by atoms with van der Waals surface area (Å²) < 4.78 is 0. The first kappa shape index (κ1) is 14.6. The minimum absolute atomic E-state index is 0.225. The summed E-state index contributed by atoms with van der Waals surface area (Å²) in [5, 5.41) is 11.5. The van der Waals surface area contributed by atoms with Crippen LogP contribution in [0.15, 0.2) is 42.5 Å². The minimum Gasteiger partial charge on any atom is -0.385 e. The second kappa shape index (κ2) is 6.21. The van der Waals surface area contributed by atoms with Crippen molar-refractivity contribution in [1.82, 2.24) is 15.2 Å². The van der Waals surface area contributed by atoms with Gasteiger partial charge in [0.25, 0.3) is 5.91 Å². The summed E-state index contributed by atoms with van der Waals surface area (Å²) in [4.78, 5) is 18.3. The van der Waals surface area contributed by atoms with Crippen molar-refractivity contribution >= 4 is 45.8 Å². The van der Waals surface area contributed by atoms with Crippen LogP contribution in [-0.2, 0) is 4.79 Å². The zero-order valence-electron chi connectivity index (χ0n) is 11.2. The lowest BCUT2D eigenvalue weighted by Crippen LogP contribution is -2.26. The van der Waals surface area contributed by atoms with Crippen molar-refractivity contribution < 1.29 is 9.63 Å². The van der Waals surface area contributed by atoms with Crippen molar-refractivity contribution in [2.45, 2.75) is 0 Å². The van der Waals surface area contributed by atoms with Crippen LogP contribution in [-0.4, -0.2) is 27.7 Å². The molecule has 3 rings (SSSR count). The number of amides is 1. The molecule has 1 amide bonds. The van der Waals surface area contributed by atoms with Crippen LogP contribution in [0.4, 0.5) is 5.69 Å². The number of halogens is 2. The molecular formula is C14H10Cl2N4O2. The van der Waals surface area contributed by atoms with Crippen molar-refractivity contribution in [3.05, 3.63) is 52.5 Å². The highest BCUT2D eigenvalue weighted by Crippen LogP contribution is 2.16. The normalized spacial score (nSPS) is 10.6. The molecule has 3 aromatic rings. The molecule has 0 atom stereocenters. The number of nitrogens with one attached hydrogen (secondary N) is 1. The van der Waals surface area contributed by atoms with Gasteiger partial charge in [-0.1, -0.05) is 34.1 Å². The molecule has 1 N–H and O–H groups in total. The van der Waals surface area contributed by atoms with Crippen LogP contribution in [0.1, 0.15) is 0 Å². The molecule has 0 unspecified atom stereocenters. The Morgan fingerprint density at radius 1 is 1.18 bits per heavy atom. The first-order valence-corrected chi connectivity index (χ1v) is 7.07. The standard InChI is InChI=1S/C14H10Cl2N4O2/c15-9-2-1-3-11(6-9)17-14(21)8-22-20-13-7-10(16)4-5-12(13)18-19-20/h1-7H,8H2,(H,17,21). The highest BCUT2D eigenvalue weighted by atomic mass is 35.5. The number of nitrogens with zero attached hydrogens (tertiary/aromatic N) is 3. The summed E-state index contributed by atoms with van der Waals surface area (Å²) in [6.07, 6.45) is 0. The number of hydrogen-bond donors (Lipinski definition) is 1. The Labute approximate surface area is 135 Å². The van der Waals surface area contributed by atoms with Gasteiger partial charge in [-0.2, -0.15) is 0 Å². The lowest BCUT2D eigenvalue weighted by Gasteiger charge is -2.07. The van der Waals surface area contributed by atoms with E-state index in [4.69, 9.17) is 28.0 Å². The van der Waals surface area contributed by atoms with Crippen LogP contribution in [0, 0.1) is 0 Å². The van der Waals surface area contributed by atoms with Gasteiger partial charge in [0.15, 0.2) is 6.61 Å².